The van der Waals surface area contributed by atoms with Crippen LogP contribution in [0.5, 0.6) is 0 Å². The van der Waals surface area contributed by atoms with Crippen LogP contribution in [0.1, 0.15) is 0 Å². The molecule has 0 radical (unpaired) electrons. The Balaban J connectivity index is 3.83. The Morgan fingerprint density at radius 1 is 1.55 bits per heavy atom. The lowest BCUT2D eigenvalue weighted by Gasteiger charge is -1.99. The van der Waals surface area contributed by atoms with Crippen molar-refractivity contribution >= 4 is 16.6 Å². The van der Waals surface area contributed by atoms with E-state index in [4.69, 9.17) is 6.42 Å². The van der Waals surface area contributed by atoms with Gasteiger partial charge in [-0.05, 0) is 0 Å². The second-order valence-corrected chi connectivity index (χ2v) is 2.99. The van der Waals surface area contributed by atoms with E-state index in [0.717, 1.165) is 0 Å². The molecule has 0 aliphatic rings. The van der Waals surface area contributed by atoms with E-state index in [2.05, 4.69) is 8.92 Å². The molecule has 0 heterocycles. The maximum Gasteiger partial charge on any atom is 0.304 e. The van der Waals surface area contributed by atoms with Crippen molar-refractivity contribution in [2.45, 2.75) is 0 Å². The molecule has 0 amide bonds. The van der Waals surface area contributed by atoms with Gasteiger partial charge in [-0.15, -0.1) is 6.42 Å². The highest BCUT2D eigenvalue weighted by atomic mass is 32.2. The molecule has 0 aliphatic heterocycles. The molecule has 0 atom stereocenters. The van der Waals surface area contributed by atoms with E-state index in [1.165, 1.54) is 0 Å². The summed E-state index contributed by atoms with van der Waals surface area (Å²) in [6.45, 7) is -0.346. The Kier molecular flexibility index (Phi) is 4.26. The average Bonchev–Trinajstić information content (AvgIpc) is 1.97. The third-order valence-electron chi connectivity index (χ3n) is 0.602. The number of carbonyl (C=O) groups excluding carboxylic acids is 1. The summed E-state index contributed by atoms with van der Waals surface area (Å²) in [6, 6.07) is 0. The van der Waals surface area contributed by atoms with Crippen LogP contribution in [0.15, 0.2) is 0 Å². The van der Waals surface area contributed by atoms with E-state index in [1.54, 1.807) is 0 Å². The van der Waals surface area contributed by atoms with Gasteiger partial charge in [0.05, 0.1) is 0 Å². The van der Waals surface area contributed by atoms with E-state index in [0.29, 0.717) is 0 Å². The third kappa shape index (κ3) is 5.39. The van der Waals surface area contributed by atoms with E-state index in [-0.39, 0.29) is 13.1 Å². The predicted molar refractivity (Wildman–Crippen MR) is 35.7 cm³/mol. The van der Waals surface area contributed by atoms with Crippen LogP contribution in [0.4, 0.5) is 0 Å². The maximum absolute atomic E-state index is 10.5. The van der Waals surface area contributed by atoms with Gasteiger partial charge in [-0.2, -0.15) is 8.42 Å². The summed E-state index contributed by atoms with van der Waals surface area (Å²) >= 11 is 0. The van der Waals surface area contributed by atoms with Gasteiger partial charge in [0.1, 0.15) is 6.61 Å². The predicted octanol–water partition coefficient (Wildman–Crippen LogP) is -0.903. The van der Waals surface area contributed by atoms with Gasteiger partial charge in [0.15, 0.2) is 0 Å². The molecule has 62 valence electrons. The summed E-state index contributed by atoms with van der Waals surface area (Å²) in [5.41, 5.74) is 0. The van der Waals surface area contributed by atoms with Gasteiger partial charge in [0, 0.05) is 0 Å². The lowest BCUT2D eigenvalue weighted by molar-refractivity contribution is -0.127. The highest BCUT2D eigenvalue weighted by Gasteiger charge is 2.09. The zero-order chi connectivity index (χ0) is 8.74. The van der Waals surface area contributed by atoms with Crippen molar-refractivity contribution in [1.29, 1.82) is 0 Å². The molecule has 0 saturated heterocycles. The molecule has 6 heteroatoms. The van der Waals surface area contributed by atoms with E-state index in [9.17, 15) is 13.2 Å². The quantitative estimate of drug-likeness (QED) is 0.310. The number of hydrogen-bond donors (Lipinski definition) is 0. The molecule has 0 rings (SSSR count). The molecule has 0 spiro atoms. The molecule has 0 aliphatic carbocycles. The standard InChI is InChI=1S/C5H6O5S/c1-2-3-10-11(7,8)5-9-4-6/h1,4H,3,5H2. The van der Waals surface area contributed by atoms with Gasteiger partial charge >= 0.3 is 10.1 Å². The molecule has 0 aromatic rings. The summed E-state index contributed by atoms with van der Waals surface area (Å²) in [5.74, 6) is 1.15. The number of terminal acetylenes is 1. The van der Waals surface area contributed by atoms with Crippen LogP contribution >= 0.6 is 0 Å². The van der Waals surface area contributed by atoms with Gasteiger partial charge in [-0.3, -0.25) is 8.98 Å². The lowest BCUT2D eigenvalue weighted by atomic mass is 10.8. The zero-order valence-electron chi connectivity index (χ0n) is 5.52. The first-order chi connectivity index (χ1) is 5.12. The van der Waals surface area contributed by atoms with E-state index < -0.39 is 16.1 Å². The first-order valence-corrected chi connectivity index (χ1v) is 4.06. The second kappa shape index (κ2) is 4.71. The van der Waals surface area contributed by atoms with Crippen molar-refractivity contribution < 1.29 is 22.1 Å². The number of carbonyl (C=O) groups is 1. The Bertz CT molecular complexity index is 247. The fraction of sp³-hybridized carbons (Fsp3) is 0.400. The van der Waals surface area contributed by atoms with E-state index in [1.807, 2.05) is 5.92 Å². The van der Waals surface area contributed by atoms with Crippen LogP contribution in [0, 0.1) is 12.3 Å². The zero-order valence-corrected chi connectivity index (χ0v) is 6.33. The SMILES string of the molecule is C#CCOS(=O)(=O)COC=O. The number of rotatable bonds is 5. The van der Waals surface area contributed by atoms with Crippen LogP contribution in [0.2, 0.25) is 0 Å². The van der Waals surface area contributed by atoms with Crippen molar-refractivity contribution in [2.24, 2.45) is 0 Å². The van der Waals surface area contributed by atoms with Gasteiger partial charge in [-0.25, -0.2) is 0 Å². The minimum absolute atomic E-state index is 0.0107. The van der Waals surface area contributed by atoms with Crippen LogP contribution in [-0.4, -0.2) is 27.4 Å². The monoisotopic (exact) mass is 178 g/mol. The molecule has 0 saturated carbocycles. The van der Waals surface area contributed by atoms with Crippen molar-refractivity contribution in [3.05, 3.63) is 0 Å². The maximum atomic E-state index is 10.5. The summed E-state index contributed by atoms with van der Waals surface area (Å²) in [5, 5.41) is 0. The van der Waals surface area contributed by atoms with Gasteiger partial charge < -0.3 is 4.74 Å². The topological polar surface area (TPSA) is 69.7 Å². The molecule has 0 unspecified atom stereocenters. The fourth-order valence-electron chi connectivity index (χ4n) is 0.269. The molecule has 0 aromatic heterocycles. The molecule has 0 bridgehead atoms. The van der Waals surface area contributed by atoms with Crippen LogP contribution in [-0.2, 0) is 23.8 Å². The molecular formula is C5H6O5S. The Morgan fingerprint density at radius 2 is 2.18 bits per heavy atom. The Hall–Kier alpha value is -1.06. The molecule has 5 nitrogen and oxygen atoms in total. The summed E-state index contributed by atoms with van der Waals surface area (Å²) in [4.78, 5) is 9.54. The molecule has 11 heavy (non-hydrogen) atoms. The van der Waals surface area contributed by atoms with Crippen molar-refractivity contribution in [2.75, 3.05) is 12.5 Å². The van der Waals surface area contributed by atoms with Gasteiger partial charge in [-0.1, -0.05) is 5.92 Å². The fourth-order valence-corrected chi connectivity index (χ4v) is 0.807. The lowest BCUT2D eigenvalue weighted by Crippen LogP contribution is -2.12. The molecule has 0 N–H and O–H groups in total. The highest BCUT2D eigenvalue weighted by molar-refractivity contribution is 7.86. The first-order valence-electron chi connectivity index (χ1n) is 2.48. The molecular weight excluding hydrogens is 172 g/mol. The normalized spacial score (nSPS) is 10.1. The number of ether oxygens (including phenoxy) is 1. The first kappa shape index (κ1) is 9.94. The van der Waals surface area contributed by atoms with Crippen molar-refractivity contribution in [3.63, 3.8) is 0 Å². The van der Waals surface area contributed by atoms with Crippen molar-refractivity contribution in [3.8, 4) is 12.3 Å². The smallest absolute Gasteiger partial charge is 0.304 e. The Morgan fingerprint density at radius 3 is 2.64 bits per heavy atom. The van der Waals surface area contributed by atoms with Gasteiger partial charge in [0.2, 0.25) is 5.94 Å². The summed E-state index contributed by atoms with van der Waals surface area (Å²) in [7, 11) is -3.80. The Labute approximate surface area is 64.4 Å². The largest absolute Gasteiger partial charge is 0.449 e. The van der Waals surface area contributed by atoms with Crippen LogP contribution in [0.3, 0.4) is 0 Å². The van der Waals surface area contributed by atoms with Crippen LogP contribution < -0.4 is 0 Å². The second-order valence-electron chi connectivity index (χ2n) is 1.40. The summed E-state index contributed by atoms with van der Waals surface area (Å²) < 4.78 is 29.2. The summed E-state index contributed by atoms with van der Waals surface area (Å²) in [6.07, 6.45) is 4.71. The van der Waals surface area contributed by atoms with E-state index >= 15 is 0 Å². The molecule has 0 aromatic carbocycles. The highest BCUT2D eigenvalue weighted by Crippen LogP contribution is 1.91. The third-order valence-corrected chi connectivity index (χ3v) is 1.50. The minimum atomic E-state index is -3.80. The molecule has 0 fully saturated rings. The minimum Gasteiger partial charge on any atom is -0.449 e. The average molecular weight is 178 g/mol. The van der Waals surface area contributed by atoms with Crippen molar-refractivity contribution in [1.82, 2.24) is 0 Å². The van der Waals surface area contributed by atoms with Crippen LogP contribution in [0.25, 0.3) is 0 Å². The van der Waals surface area contributed by atoms with Gasteiger partial charge in [0.25, 0.3) is 6.47 Å². The number of hydrogen-bond acceptors (Lipinski definition) is 5.